The van der Waals surface area contributed by atoms with Crippen LogP contribution in [-0.2, 0) is 6.54 Å². The molecule has 0 aliphatic rings. The zero-order chi connectivity index (χ0) is 12.5. The number of halogens is 1. The van der Waals surface area contributed by atoms with E-state index in [1.165, 1.54) is 0 Å². The average Bonchev–Trinajstić information content (AvgIpc) is 2.77. The van der Waals surface area contributed by atoms with E-state index >= 15 is 0 Å². The fraction of sp³-hybridized carbons (Fsp3) is 0.0769. The van der Waals surface area contributed by atoms with E-state index in [-0.39, 0.29) is 0 Å². The van der Waals surface area contributed by atoms with Crippen LogP contribution >= 0.6 is 11.6 Å². The topological polar surface area (TPSA) is 56.2 Å². The van der Waals surface area contributed by atoms with E-state index < -0.39 is 0 Å². The number of imidazole rings is 1. The first-order chi connectivity index (χ1) is 8.79. The molecule has 0 atom stereocenters. The summed E-state index contributed by atoms with van der Waals surface area (Å²) in [6, 6.07) is 9.42. The molecule has 0 radical (unpaired) electrons. The van der Waals surface area contributed by atoms with Gasteiger partial charge in [-0.2, -0.15) is 0 Å². The van der Waals surface area contributed by atoms with Crippen molar-refractivity contribution in [2.45, 2.75) is 6.54 Å². The minimum absolute atomic E-state index is 0.368. The van der Waals surface area contributed by atoms with Gasteiger partial charge in [-0.1, -0.05) is 23.7 Å². The largest absolute Gasteiger partial charge is 0.324 e. The number of nitrogens with two attached hydrogens (primary N) is 1. The molecule has 0 unspecified atom stereocenters. The Labute approximate surface area is 109 Å². The van der Waals surface area contributed by atoms with E-state index in [9.17, 15) is 0 Å². The van der Waals surface area contributed by atoms with Crippen molar-refractivity contribution in [2.24, 2.45) is 5.73 Å². The molecule has 5 heteroatoms. The molecule has 4 nitrogen and oxygen atoms in total. The van der Waals surface area contributed by atoms with Crippen LogP contribution < -0.4 is 5.73 Å². The van der Waals surface area contributed by atoms with Gasteiger partial charge >= 0.3 is 0 Å². The summed E-state index contributed by atoms with van der Waals surface area (Å²) in [6.45, 7) is 0.368. The summed E-state index contributed by atoms with van der Waals surface area (Å²) in [5.41, 5.74) is 8.24. The third-order valence-corrected chi connectivity index (χ3v) is 2.99. The third-order valence-electron chi connectivity index (χ3n) is 2.76. The molecule has 0 saturated heterocycles. The van der Waals surface area contributed by atoms with E-state index in [4.69, 9.17) is 17.3 Å². The molecule has 1 aromatic carbocycles. The van der Waals surface area contributed by atoms with Crippen LogP contribution in [0.2, 0.25) is 5.02 Å². The summed E-state index contributed by atoms with van der Waals surface area (Å²) in [6.07, 6.45) is 3.65. The molecule has 90 valence electrons. The number of rotatable bonds is 2. The average molecular weight is 259 g/mol. The van der Waals surface area contributed by atoms with E-state index in [0.29, 0.717) is 11.6 Å². The molecule has 2 N–H and O–H groups in total. The highest BCUT2D eigenvalue weighted by molar-refractivity contribution is 6.30. The van der Waals surface area contributed by atoms with Gasteiger partial charge in [0.1, 0.15) is 11.5 Å². The van der Waals surface area contributed by atoms with E-state index in [1.54, 1.807) is 6.20 Å². The second-order valence-corrected chi connectivity index (χ2v) is 4.34. The maximum atomic E-state index is 6.01. The summed E-state index contributed by atoms with van der Waals surface area (Å²) in [5.74, 6) is 0.785. The van der Waals surface area contributed by atoms with Crippen molar-refractivity contribution in [1.82, 2.24) is 14.4 Å². The van der Waals surface area contributed by atoms with E-state index in [1.807, 2.05) is 40.9 Å². The van der Waals surface area contributed by atoms with Crippen molar-refractivity contribution < 1.29 is 0 Å². The van der Waals surface area contributed by atoms with Crippen LogP contribution in [0.4, 0.5) is 0 Å². The Morgan fingerprint density at radius 2 is 2.17 bits per heavy atom. The normalized spacial score (nSPS) is 11.0. The second-order valence-electron chi connectivity index (χ2n) is 3.90. The van der Waals surface area contributed by atoms with Crippen LogP contribution in [-0.4, -0.2) is 14.4 Å². The third kappa shape index (κ3) is 1.75. The van der Waals surface area contributed by atoms with Crippen LogP contribution in [0, 0.1) is 0 Å². The second kappa shape index (κ2) is 4.40. The minimum Gasteiger partial charge on any atom is -0.324 e. The van der Waals surface area contributed by atoms with Crippen LogP contribution in [0.25, 0.3) is 16.9 Å². The Morgan fingerprint density at radius 1 is 1.28 bits per heavy atom. The molecular weight excluding hydrogens is 248 g/mol. The molecule has 0 aliphatic carbocycles. The van der Waals surface area contributed by atoms with Crippen LogP contribution in [0.5, 0.6) is 0 Å². The number of fused-ring (bicyclic) bond motifs is 1. The SMILES string of the molecule is NCc1nc(-c2cccc(Cl)c2)c2ncccn12. The van der Waals surface area contributed by atoms with Gasteiger partial charge < -0.3 is 5.73 Å². The van der Waals surface area contributed by atoms with Crippen molar-refractivity contribution in [2.75, 3.05) is 0 Å². The number of benzene rings is 1. The molecule has 0 bridgehead atoms. The molecule has 3 rings (SSSR count). The molecule has 0 amide bonds. The van der Waals surface area contributed by atoms with Gasteiger partial charge in [0, 0.05) is 23.0 Å². The monoisotopic (exact) mass is 258 g/mol. The van der Waals surface area contributed by atoms with Crippen molar-refractivity contribution in [3.63, 3.8) is 0 Å². The van der Waals surface area contributed by atoms with Crippen LogP contribution in [0.1, 0.15) is 5.82 Å². The lowest BCUT2D eigenvalue weighted by atomic mass is 10.1. The maximum absolute atomic E-state index is 6.01. The van der Waals surface area contributed by atoms with Crippen molar-refractivity contribution in [1.29, 1.82) is 0 Å². The van der Waals surface area contributed by atoms with Gasteiger partial charge in [-0.25, -0.2) is 9.97 Å². The first kappa shape index (κ1) is 11.2. The summed E-state index contributed by atoms with van der Waals surface area (Å²) in [4.78, 5) is 8.89. The predicted octanol–water partition coefficient (Wildman–Crippen LogP) is 2.51. The molecule has 0 saturated carbocycles. The Balaban J connectivity index is 2.29. The Kier molecular flexibility index (Phi) is 2.74. The van der Waals surface area contributed by atoms with E-state index in [2.05, 4.69) is 9.97 Å². The lowest BCUT2D eigenvalue weighted by molar-refractivity contribution is 0.897. The molecule has 3 aromatic rings. The van der Waals surface area contributed by atoms with Crippen LogP contribution in [0.15, 0.2) is 42.7 Å². The summed E-state index contributed by atoms with van der Waals surface area (Å²) >= 11 is 6.01. The summed E-state index contributed by atoms with van der Waals surface area (Å²) in [7, 11) is 0. The summed E-state index contributed by atoms with van der Waals surface area (Å²) in [5, 5.41) is 0.680. The number of nitrogens with zero attached hydrogens (tertiary/aromatic N) is 3. The highest BCUT2D eigenvalue weighted by atomic mass is 35.5. The highest BCUT2D eigenvalue weighted by Gasteiger charge is 2.12. The van der Waals surface area contributed by atoms with Gasteiger partial charge in [0.15, 0.2) is 5.65 Å². The zero-order valence-corrected chi connectivity index (χ0v) is 10.3. The predicted molar refractivity (Wildman–Crippen MR) is 71.3 cm³/mol. The Bertz CT molecular complexity index is 705. The quantitative estimate of drug-likeness (QED) is 0.768. The number of hydrogen-bond acceptors (Lipinski definition) is 3. The lowest BCUT2D eigenvalue weighted by Gasteiger charge is -1.98. The number of aromatic nitrogens is 3. The fourth-order valence-corrected chi connectivity index (χ4v) is 2.15. The van der Waals surface area contributed by atoms with E-state index in [0.717, 1.165) is 22.7 Å². The van der Waals surface area contributed by atoms with Crippen molar-refractivity contribution >= 4 is 17.2 Å². The number of hydrogen-bond donors (Lipinski definition) is 1. The molecular formula is C13H11ClN4. The van der Waals surface area contributed by atoms with Crippen molar-refractivity contribution in [3.05, 3.63) is 53.6 Å². The standard InChI is InChI=1S/C13H11ClN4/c14-10-4-1-3-9(7-10)12-13-16-5-2-6-18(13)11(8-15)17-12/h1-7H,8,15H2. The fourth-order valence-electron chi connectivity index (χ4n) is 1.96. The van der Waals surface area contributed by atoms with Crippen LogP contribution in [0.3, 0.4) is 0 Å². The summed E-state index contributed by atoms with van der Waals surface area (Å²) < 4.78 is 1.90. The van der Waals surface area contributed by atoms with Gasteiger partial charge in [-0.05, 0) is 18.2 Å². The first-order valence-corrected chi connectivity index (χ1v) is 5.95. The first-order valence-electron chi connectivity index (χ1n) is 5.57. The van der Waals surface area contributed by atoms with Gasteiger partial charge in [0.05, 0.1) is 6.54 Å². The Morgan fingerprint density at radius 3 is 2.94 bits per heavy atom. The van der Waals surface area contributed by atoms with Gasteiger partial charge in [-0.15, -0.1) is 0 Å². The van der Waals surface area contributed by atoms with Gasteiger partial charge in [-0.3, -0.25) is 4.40 Å². The smallest absolute Gasteiger partial charge is 0.164 e. The molecule has 0 spiro atoms. The minimum atomic E-state index is 0.368. The highest BCUT2D eigenvalue weighted by Crippen LogP contribution is 2.25. The molecule has 18 heavy (non-hydrogen) atoms. The molecule has 2 aromatic heterocycles. The molecule has 0 aliphatic heterocycles. The van der Waals surface area contributed by atoms with Crippen molar-refractivity contribution in [3.8, 4) is 11.3 Å². The molecule has 0 fully saturated rings. The maximum Gasteiger partial charge on any atom is 0.164 e. The zero-order valence-electron chi connectivity index (χ0n) is 9.55. The van der Waals surface area contributed by atoms with Gasteiger partial charge in [0.25, 0.3) is 0 Å². The lowest BCUT2D eigenvalue weighted by Crippen LogP contribution is -2.02. The molecule has 2 heterocycles. The Hall–Kier alpha value is -1.91. The van der Waals surface area contributed by atoms with Gasteiger partial charge in [0.2, 0.25) is 0 Å².